The minimum atomic E-state index is -0.541. The van der Waals surface area contributed by atoms with E-state index in [2.05, 4.69) is 17.6 Å². The molecular weight excluding hydrogens is 542 g/mol. The summed E-state index contributed by atoms with van der Waals surface area (Å²) in [5, 5.41) is 12.6. The van der Waals surface area contributed by atoms with E-state index in [1.165, 1.54) is 11.8 Å². The molecule has 206 valence electrons. The number of nitrogens with one attached hydrogen (secondary N) is 2. The van der Waals surface area contributed by atoms with Crippen LogP contribution in [-0.4, -0.2) is 27.3 Å². The third kappa shape index (κ3) is 6.18. The number of allylic oxidation sites excluding steroid dienone is 1. The van der Waals surface area contributed by atoms with Crippen molar-refractivity contribution >= 4 is 40.9 Å². The number of carbonyl (C=O) groups is 1. The number of thioether (sulfide) groups is 1. The zero-order chi connectivity index (χ0) is 28.1. The maximum Gasteiger partial charge on any atom is 0.255 e. The lowest BCUT2D eigenvalue weighted by atomic mass is 9.94. The largest absolute Gasteiger partial charge is 0.493 e. The number of amides is 1. The third-order valence-corrected chi connectivity index (χ3v) is 7.89. The van der Waals surface area contributed by atoms with Gasteiger partial charge in [-0.1, -0.05) is 85.2 Å². The molecule has 2 heterocycles. The quantitative estimate of drug-likeness (QED) is 0.150. The highest BCUT2D eigenvalue weighted by Gasteiger charge is 2.36. The highest BCUT2D eigenvalue weighted by atomic mass is 35.5. The molecule has 0 fully saturated rings. The van der Waals surface area contributed by atoms with Crippen LogP contribution in [0.1, 0.15) is 49.4 Å². The van der Waals surface area contributed by atoms with Crippen LogP contribution in [0.4, 0.5) is 11.6 Å². The van der Waals surface area contributed by atoms with Crippen molar-refractivity contribution in [3.8, 4) is 5.75 Å². The Bertz CT molecular complexity index is 1550. The van der Waals surface area contributed by atoms with E-state index in [-0.39, 0.29) is 5.91 Å². The second-order valence-electron chi connectivity index (χ2n) is 9.67. The van der Waals surface area contributed by atoms with E-state index in [1.807, 2.05) is 86.6 Å². The first-order chi connectivity index (χ1) is 19.4. The van der Waals surface area contributed by atoms with Crippen LogP contribution < -0.4 is 15.4 Å². The van der Waals surface area contributed by atoms with Gasteiger partial charge in [0.1, 0.15) is 11.8 Å². The zero-order valence-electron chi connectivity index (χ0n) is 22.8. The van der Waals surface area contributed by atoms with Crippen molar-refractivity contribution in [1.29, 1.82) is 0 Å². The summed E-state index contributed by atoms with van der Waals surface area (Å²) in [5.41, 5.74) is 4.91. The van der Waals surface area contributed by atoms with Gasteiger partial charge in [0.05, 0.1) is 12.2 Å². The van der Waals surface area contributed by atoms with Gasteiger partial charge in [-0.15, -0.1) is 5.10 Å². The normalized spacial score (nSPS) is 14.4. The van der Waals surface area contributed by atoms with Crippen LogP contribution >= 0.6 is 23.4 Å². The van der Waals surface area contributed by atoms with Gasteiger partial charge in [-0.25, -0.2) is 4.68 Å². The van der Waals surface area contributed by atoms with Crippen LogP contribution in [-0.2, 0) is 10.5 Å². The number of aryl methyl sites for hydroxylation is 1. The number of nitrogens with zero attached hydrogens (tertiary/aromatic N) is 3. The number of anilines is 2. The number of unbranched alkanes of at least 4 members (excludes halogenated alkanes) is 1. The molecule has 7 nitrogen and oxygen atoms in total. The number of fused-ring (bicyclic) bond motifs is 1. The van der Waals surface area contributed by atoms with Crippen LogP contribution in [0.25, 0.3) is 0 Å². The number of rotatable bonds is 10. The van der Waals surface area contributed by atoms with Crippen molar-refractivity contribution in [3.05, 3.63) is 106 Å². The Morgan fingerprint density at radius 1 is 1.10 bits per heavy atom. The Labute approximate surface area is 244 Å². The van der Waals surface area contributed by atoms with Crippen molar-refractivity contribution in [1.82, 2.24) is 14.8 Å². The van der Waals surface area contributed by atoms with Crippen molar-refractivity contribution in [3.63, 3.8) is 0 Å². The molecule has 1 unspecified atom stereocenters. The predicted octanol–water partition coefficient (Wildman–Crippen LogP) is 7.64. The van der Waals surface area contributed by atoms with Gasteiger partial charge in [-0.2, -0.15) is 4.98 Å². The second kappa shape index (κ2) is 12.6. The molecule has 40 heavy (non-hydrogen) atoms. The van der Waals surface area contributed by atoms with Crippen molar-refractivity contribution in [2.75, 3.05) is 17.2 Å². The van der Waals surface area contributed by atoms with E-state index in [1.54, 1.807) is 4.68 Å². The number of aromatic nitrogens is 3. The molecule has 0 saturated heterocycles. The monoisotopic (exact) mass is 573 g/mol. The summed E-state index contributed by atoms with van der Waals surface area (Å²) in [6.45, 7) is 6.62. The summed E-state index contributed by atoms with van der Waals surface area (Å²) >= 11 is 7.87. The lowest BCUT2D eigenvalue weighted by Gasteiger charge is -2.29. The zero-order valence-corrected chi connectivity index (χ0v) is 24.4. The van der Waals surface area contributed by atoms with Gasteiger partial charge < -0.3 is 15.4 Å². The first kappa shape index (κ1) is 27.8. The minimum Gasteiger partial charge on any atom is -0.493 e. The van der Waals surface area contributed by atoms with E-state index in [0.29, 0.717) is 39.8 Å². The van der Waals surface area contributed by atoms with Crippen molar-refractivity contribution in [2.24, 2.45) is 0 Å². The van der Waals surface area contributed by atoms with E-state index < -0.39 is 6.04 Å². The molecule has 9 heteroatoms. The van der Waals surface area contributed by atoms with Crippen LogP contribution in [0.15, 0.2) is 89.2 Å². The molecule has 3 aromatic carbocycles. The Morgan fingerprint density at radius 3 is 2.70 bits per heavy atom. The van der Waals surface area contributed by atoms with E-state index in [0.717, 1.165) is 41.0 Å². The van der Waals surface area contributed by atoms with Gasteiger partial charge in [0, 0.05) is 27.7 Å². The lowest BCUT2D eigenvalue weighted by Crippen LogP contribution is -2.31. The van der Waals surface area contributed by atoms with Gasteiger partial charge in [-0.05, 0) is 55.7 Å². The smallest absolute Gasteiger partial charge is 0.255 e. The van der Waals surface area contributed by atoms with Crippen LogP contribution in [0.5, 0.6) is 5.75 Å². The molecule has 1 aromatic heterocycles. The molecule has 1 atom stereocenters. The van der Waals surface area contributed by atoms with E-state index in [4.69, 9.17) is 26.4 Å². The highest BCUT2D eigenvalue weighted by molar-refractivity contribution is 7.98. The molecule has 0 aliphatic carbocycles. The van der Waals surface area contributed by atoms with E-state index in [9.17, 15) is 4.79 Å². The summed E-state index contributed by atoms with van der Waals surface area (Å²) in [5.74, 6) is 1.70. The van der Waals surface area contributed by atoms with Gasteiger partial charge >= 0.3 is 0 Å². The fourth-order valence-electron chi connectivity index (χ4n) is 4.62. The molecule has 1 aliphatic heterocycles. The van der Waals surface area contributed by atoms with Crippen LogP contribution in [0, 0.1) is 6.92 Å². The Kier molecular flexibility index (Phi) is 8.77. The summed E-state index contributed by atoms with van der Waals surface area (Å²) in [6.07, 6.45) is 1.96. The topological polar surface area (TPSA) is 81.1 Å². The summed E-state index contributed by atoms with van der Waals surface area (Å²) in [6, 6.07) is 22.8. The molecular formula is C31H32ClN5O2S. The lowest BCUT2D eigenvalue weighted by molar-refractivity contribution is -0.113. The average Bonchev–Trinajstić information content (AvgIpc) is 3.34. The maximum atomic E-state index is 13.9. The molecule has 0 radical (unpaired) electrons. The summed E-state index contributed by atoms with van der Waals surface area (Å²) < 4.78 is 8.00. The SMILES string of the molecule is CCCCOc1ccccc1C1C(C(=O)Nc2cccc(C)c2)=C(C)Nc2nc(SCc3ccccc3Cl)nn21. The molecule has 1 amide bonds. The van der Waals surface area contributed by atoms with Gasteiger partial charge in [0.25, 0.3) is 5.91 Å². The molecule has 2 N–H and O–H groups in total. The van der Waals surface area contributed by atoms with Crippen LogP contribution in [0.3, 0.4) is 0 Å². The Hall–Kier alpha value is -3.75. The summed E-state index contributed by atoms with van der Waals surface area (Å²) in [4.78, 5) is 18.6. The number of ether oxygens (including phenoxy) is 1. The Morgan fingerprint density at radius 2 is 1.90 bits per heavy atom. The fraction of sp³-hybridized carbons (Fsp3) is 0.258. The average molecular weight is 574 g/mol. The van der Waals surface area contributed by atoms with Crippen LogP contribution in [0.2, 0.25) is 5.02 Å². The predicted molar refractivity (Wildman–Crippen MR) is 162 cm³/mol. The number of hydrogen-bond acceptors (Lipinski definition) is 6. The molecule has 4 aromatic rings. The van der Waals surface area contributed by atoms with Gasteiger partial charge in [0.15, 0.2) is 0 Å². The maximum absolute atomic E-state index is 13.9. The van der Waals surface area contributed by atoms with Crippen molar-refractivity contribution in [2.45, 2.75) is 50.6 Å². The molecule has 5 rings (SSSR count). The number of carbonyl (C=O) groups excluding carboxylic acids is 1. The third-order valence-electron chi connectivity index (χ3n) is 6.64. The number of halogens is 1. The molecule has 0 saturated carbocycles. The highest BCUT2D eigenvalue weighted by Crippen LogP contribution is 2.40. The number of para-hydroxylation sites is 1. The van der Waals surface area contributed by atoms with E-state index >= 15 is 0 Å². The number of benzene rings is 3. The Balaban J connectivity index is 1.52. The van der Waals surface area contributed by atoms with Gasteiger partial charge in [-0.3, -0.25) is 4.79 Å². The molecule has 0 spiro atoms. The van der Waals surface area contributed by atoms with Crippen molar-refractivity contribution < 1.29 is 9.53 Å². The standard InChI is InChI=1S/C31H32ClN5O2S/c1-4-5-17-39-26-16-9-7-14-24(26)28-27(29(38)34-23-13-10-11-20(2)18-23)21(3)33-30-35-31(36-37(28)30)40-19-22-12-6-8-15-25(22)32/h6-16,18,28H,4-5,17,19H2,1-3H3,(H,34,38)(H,33,35,36). The first-order valence-corrected chi connectivity index (χ1v) is 14.7. The summed E-state index contributed by atoms with van der Waals surface area (Å²) in [7, 11) is 0. The van der Waals surface area contributed by atoms with Gasteiger partial charge in [0.2, 0.25) is 11.1 Å². The minimum absolute atomic E-state index is 0.213. The second-order valence-corrected chi connectivity index (χ2v) is 11.0. The molecule has 0 bridgehead atoms. The first-order valence-electron chi connectivity index (χ1n) is 13.3. The molecule has 1 aliphatic rings. The fourth-order valence-corrected chi connectivity index (χ4v) is 5.73. The number of hydrogen-bond donors (Lipinski definition) is 2.